The Kier molecular flexibility index (Phi) is 4.39. The quantitative estimate of drug-likeness (QED) is 0.640. The smallest absolute Gasteiger partial charge is 0.338 e. The fraction of sp³-hybridized carbons (Fsp3) is 0.0625. The van der Waals surface area contributed by atoms with E-state index in [4.69, 9.17) is 4.74 Å². The molecule has 0 aliphatic heterocycles. The summed E-state index contributed by atoms with van der Waals surface area (Å²) < 4.78 is 33.2. The molecule has 0 fully saturated rings. The number of hydrogen-bond acceptors (Lipinski definition) is 4. The third-order valence-corrected chi connectivity index (χ3v) is 3.60. The van der Waals surface area contributed by atoms with E-state index in [0.717, 1.165) is 12.1 Å². The van der Waals surface area contributed by atoms with Gasteiger partial charge in [0.15, 0.2) is 0 Å². The first kappa shape index (κ1) is 16.3. The lowest BCUT2D eigenvalue weighted by atomic mass is 10.2. The Morgan fingerprint density at radius 2 is 1.88 bits per heavy atom. The SMILES string of the molecule is O=C(OCc1cc(=O)n2cc(Br)ccc2n1)c1cc(F)cc(F)c1. The van der Waals surface area contributed by atoms with Gasteiger partial charge in [-0.05, 0) is 40.2 Å². The van der Waals surface area contributed by atoms with Gasteiger partial charge in [0.1, 0.15) is 23.9 Å². The van der Waals surface area contributed by atoms with Gasteiger partial charge in [-0.15, -0.1) is 0 Å². The maximum Gasteiger partial charge on any atom is 0.338 e. The number of pyridine rings is 1. The van der Waals surface area contributed by atoms with E-state index in [1.807, 2.05) is 0 Å². The Labute approximate surface area is 142 Å². The number of aromatic nitrogens is 2. The number of ether oxygens (including phenoxy) is 1. The molecule has 0 bridgehead atoms. The molecular formula is C16H9BrF2N2O3. The molecule has 2 aromatic heterocycles. The Hall–Kier alpha value is -2.61. The fourth-order valence-corrected chi connectivity index (χ4v) is 2.43. The van der Waals surface area contributed by atoms with Gasteiger partial charge in [-0.3, -0.25) is 9.20 Å². The van der Waals surface area contributed by atoms with Crippen LogP contribution in [0.1, 0.15) is 16.1 Å². The highest BCUT2D eigenvalue weighted by atomic mass is 79.9. The van der Waals surface area contributed by atoms with Crippen molar-refractivity contribution in [2.24, 2.45) is 0 Å². The van der Waals surface area contributed by atoms with Crippen LogP contribution in [0, 0.1) is 11.6 Å². The van der Waals surface area contributed by atoms with Crippen LogP contribution in [0.5, 0.6) is 0 Å². The molecule has 24 heavy (non-hydrogen) atoms. The fourth-order valence-electron chi connectivity index (χ4n) is 2.09. The predicted molar refractivity (Wildman–Crippen MR) is 84.6 cm³/mol. The third-order valence-electron chi connectivity index (χ3n) is 3.13. The number of benzene rings is 1. The molecule has 0 aliphatic carbocycles. The summed E-state index contributed by atoms with van der Waals surface area (Å²) in [6.07, 6.45) is 1.57. The van der Waals surface area contributed by atoms with Gasteiger partial charge in [-0.1, -0.05) is 0 Å². The summed E-state index contributed by atoms with van der Waals surface area (Å²) in [4.78, 5) is 28.1. The van der Waals surface area contributed by atoms with Crippen LogP contribution in [0.25, 0.3) is 5.65 Å². The third kappa shape index (κ3) is 3.48. The Balaban J connectivity index is 1.81. The average Bonchev–Trinajstić information content (AvgIpc) is 2.52. The normalized spacial score (nSPS) is 10.8. The van der Waals surface area contributed by atoms with Crippen molar-refractivity contribution in [2.45, 2.75) is 6.61 Å². The molecule has 0 saturated carbocycles. The molecular weight excluding hydrogens is 386 g/mol. The van der Waals surface area contributed by atoms with Crippen LogP contribution in [-0.4, -0.2) is 15.4 Å². The van der Waals surface area contributed by atoms with Crippen molar-refractivity contribution >= 4 is 27.5 Å². The van der Waals surface area contributed by atoms with Crippen LogP contribution >= 0.6 is 15.9 Å². The zero-order valence-corrected chi connectivity index (χ0v) is 13.6. The first-order valence-electron chi connectivity index (χ1n) is 6.73. The van der Waals surface area contributed by atoms with E-state index in [0.29, 0.717) is 16.2 Å². The van der Waals surface area contributed by atoms with Crippen molar-refractivity contribution in [3.05, 3.63) is 80.3 Å². The predicted octanol–water partition coefficient (Wildman–Crippen LogP) is 3.09. The molecule has 0 atom stereocenters. The van der Waals surface area contributed by atoms with Crippen molar-refractivity contribution < 1.29 is 18.3 Å². The van der Waals surface area contributed by atoms with Crippen LogP contribution in [0.15, 0.2) is 51.9 Å². The van der Waals surface area contributed by atoms with Crippen molar-refractivity contribution in [3.63, 3.8) is 0 Å². The number of hydrogen-bond donors (Lipinski definition) is 0. The van der Waals surface area contributed by atoms with Crippen molar-refractivity contribution in [1.82, 2.24) is 9.38 Å². The summed E-state index contributed by atoms with van der Waals surface area (Å²) in [6.45, 7) is -0.293. The average molecular weight is 395 g/mol. The Bertz CT molecular complexity index is 984. The van der Waals surface area contributed by atoms with E-state index < -0.39 is 17.6 Å². The molecule has 3 aromatic rings. The molecule has 0 N–H and O–H groups in total. The Morgan fingerprint density at radius 1 is 1.17 bits per heavy atom. The summed E-state index contributed by atoms with van der Waals surface area (Å²) >= 11 is 3.25. The van der Waals surface area contributed by atoms with Gasteiger partial charge in [0.05, 0.1) is 11.3 Å². The molecule has 0 saturated heterocycles. The van der Waals surface area contributed by atoms with Gasteiger partial charge < -0.3 is 4.74 Å². The molecule has 5 nitrogen and oxygen atoms in total. The second-order valence-corrected chi connectivity index (χ2v) is 5.81. The van der Waals surface area contributed by atoms with Gasteiger partial charge >= 0.3 is 5.97 Å². The largest absolute Gasteiger partial charge is 0.456 e. The van der Waals surface area contributed by atoms with E-state index in [9.17, 15) is 18.4 Å². The maximum absolute atomic E-state index is 13.1. The second kappa shape index (κ2) is 6.48. The van der Waals surface area contributed by atoms with Crippen LogP contribution in [-0.2, 0) is 11.3 Å². The lowest BCUT2D eigenvalue weighted by molar-refractivity contribution is 0.0466. The standard InChI is InChI=1S/C16H9BrF2N2O3/c17-10-1-2-14-20-13(6-15(22)21(14)7-10)8-24-16(23)9-3-11(18)5-12(19)4-9/h1-7H,8H2. The van der Waals surface area contributed by atoms with Crippen molar-refractivity contribution in [1.29, 1.82) is 0 Å². The lowest BCUT2D eigenvalue weighted by Crippen LogP contribution is -2.16. The van der Waals surface area contributed by atoms with Gasteiger partial charge in [0.25, 0.3) is 5.56 Å². The van der Waals surface area contributed by atoms with Crippen LogP contribution < -0.4 is 5.56 Å². The summed E-state index contributed by atoms with van der Waals surface area (Å²) in [7, 11) is 0. The Morgan fingerprint density at radius 3 is 2.58 bits per heavy atom. The topological polar surface area (TPSA) is 60.7 Å². The van der Waals surface area contributed by atoms with E-state index in [-0.39, 0.29) is 23.4 Å². The molecule has 1 aromatic carbocycles. The number of carbonyl (C=O) groups is 1. The van der Waals surface area contributed by atoms with E-state index in [1.54, 1.807) is 18.3 Å². The molecule has 0 aliphatic rings. The van der Waals surface area contributed by atoms with Crippen LogP contribution in [0.2, 0.25) is 0 Å². The number of esters is 1. The molecule has 0 amide bonds. The summed E-state index contributed by atoms with van der Waals surface area (Å²) in [6, 6.07) is 6.95. The molecule has 3 rings (SSSR count). The summed E-state index contributed by atoms with van der Waals surface area (Å²) in [5.74, 6) is -2.67. The maximum atomic E-state index is 13.1. The zero-order chi connectivity index (χ0) is 17.3. The second-order valence-electron chi connectivity index (χ2n) is 4.90. The summed E-state index contributed by atoms with van der Waals surface area (Å²) in [5.41, 5.74) is 0.0131. The minimum Gasteiger partial charge on any atom is -0.456 e. The molecule has 8 heteroatoms. The monoisotopic (exact) mass is 394 g/mol. The first-order valence-corrected chi connectivity index (χ1v) is 7.53. The first-order chi connectivity index (χ1) is 11.4. The van der Waals surface area contributed by atoms with Crippen molar-refractivity contribution in [3.8, 4) is 0 Å². The van der Waals surface area contributed by atoms with Gasteiger partial charge in [0.2, 0.25) is 0 Å². The molecule has 2 heterocycles. The van der Waals surface area contributed by atoms with E-state index >= 15 is 0 Å². The molecule has 0 spiro atoms. The highest BCUT2D eigenvalue weighted by Crippen LogP contribution is 2.12. The molecule has 0 radical (unpaired) electrons. The van der Waals surface area contributed by atoms with Crippen molar-refractivity contribution in [2.75, 3.05) is 0 Å². The van der Waals surface area contributed by atoms with E-state index in [2.05, 4.69) is 20.9 Å². The van der Waals surface area contributed by atoms with E-state index in [1.165, 1.54) is 10.5 Å². The van der Waals surface area contributed by atoms with Gasteiger partial charge in [-0.2, -0.15) is 0 Å². The molecule has 122 valence electrons. The number of carbonyl (C=O) groups excluding carboxylic acids is 1. The van der Waals surface area contributed by atoms with Gasteiger partial charge in [0, 0.05) is 22.8 Å². The minimum absolute atomic E-state index is 0.229. The molecule has 0 unspecified atom stereocenters. The van der Waals surface area contributed by atoms with Crippen LogP contribution in [0.4, 0.5) is 8.78 Å². The lowest BCUT2D eigenvalue weighted by Gasteiger charge is -2.06. The summed E-state index contributed by atoms with van der Waals surface area (Å²) in [5, 5.41) is 0. The number of rotatable bonds is 3. The van der Waals surface area contributed by atoms with Gasteiger partial charge in [-0.25, -0.2) is 18.6 Å². The number of fused-ring (bicyclic) bond motifs is 1. The number of halogens is 3. The van der Waals surface area contributed by atoms with Crippen LogP contribution in [0.3, 0.4) is 0 Å². The minimum atomic E-state index is -0.911. The number of nitrogens with zero attached hydrogens (tertiary/aromatic N) is 2. The highest BCUT2D eigenvalue weighted by Gasteiger charge is 2.12. The zero-order valence-electron chi connectivity index (χ0n) is 12.0. The highest BCUT2D eigenvalue weighted by molar-refractivity contribution is 9.10.